The van der Waals surface area contributed by atoms with Gasteiger partial charge in [-0.25, -0.2) is 4.98 Å². The Balaban J connectivity index is 1.87. The van der Waals surface area contributed by atoms with E-state index in [0.29, 0.717) is 28.0 Å². The maximum atomic E-state index is 12.3. The number of pyridine rings is 1. The topological polar surface area (TPSA) is 97.8 Å². The molecule has 7 nitrogen and oxygen atoms in total. The van der Waals surface area contributed by atoms with Gasteiger partial charge in [0.25, 0.3) is 5.91 Å². The summed E-state index contributed by atoms with van der Waals surface area (Å²) in [5, 5.41) is 14.0. The fourth-order valence-electron chi connectivity index (χ4n) is 2.73. The number of carbonyl (C=O) groups is 2. The molecule has 0 saturated heterocycles. The minimum atomic E-state index is -0.653. The molecule has 0 radical (unpaired) electrons. The van der Waals surface area contributed by atoms with E-state index >= 15 is 0 Å². The number of para-hydroxylation sites is 1. The zero-order valence-electron chi connectivity index (χ0n) is 15.6. The molecular formula is C21H20N2O5. The van der Waals surface area contributed by atoms with E-state index in [1.54, 1.807) is 32.0 Å². The van der Waals surface area contributed by atoms with Gasteiger partial charge in [0.15, 0.2) is 11.4 Å². The standard InChI is InChI=1S/C21H20N2O5/c1-3-27-18(24)12-22-21(26)19-20(25)16-10-9-15(11-17(16)13(2)23-19)28-14-7-5-4-6-8-14/h4-11,25H,3,12H2,1-2H3,(H,22,26). The molecule has 2 N–H and O–H groups in total. The van der Waals surface area contributed by atoms with Crippen LogP contribution in [-0.2, 0) is 9.53 Å². The normalized spacial score (nSPS) is 10.5. The smallest absolute Gasteiger partial charge is 0.325 e. The van der Waals surface area contributed by atoms with Crippen LogP contribution in [0.2, 0.25) is 0 Å². The zero-order valence-corrected chi connectivity index (χ0v) is 15.6. The molecule has 7 heteroatoms. The number of nitrogens with zero attached hydrogens (tertiary/aromatic N) is 1. The minimum absolute atomic E-state index is 0.147. The number of hydrogen-bond donors (Lipinski definition) is 2. The lowest BCUT2D eigenvalue weighted by Gasteiger charge is -2.12. The number of aromatic nitrogens is 1. The third kappa shape index (κ3) is 4.20. The maximum absolute atomic E-state index is 12.3. The number of fused-ring (bicyclic) bond motifs is 1. The number of benzene rings is 2. The van der Waals surface area contributed by atoms with Crippen LogP contribution in [0.3, 0.4) is 0 Å². The second kappa shape index (κ2) is 8.39. The Bertz CT molecular complexity index is 1020. The van der Waals surface area contributed by atoms with Crippen LogP contribution in [0.1, 0.15) is 23.1 Å². The molecule has 0 aliphatic heterocycles. The molecule has 1 aromatic heterocycles. The van der Waals surface area contributed by atoms with Crippen molar-refractivity contribution in [3.63, 3.8) is 0 Å². The molecule has 0 saturated carbocycles. The summed E-state index contributed by atoms with van der Waals surface area (Å²) in [6, 6.07) is 14.4. The van der Waals surface area contributed by atoms with Gasteiger partial charge in [0.2, 0.25) is 0 Å². The fraction of sp³-hybridized carbons (Fsp3) is 0.190. The number of ether oxygens (including phenoxy) is 2. The molecule has 28 heavy (non-hydrogen) atoms. The van der Waals surface area contributed by atoms with E-state index in [1.807, 2.05) is 30.3 Å². The quantitative estimate of drug-likeness (QED) is 0.637. The molecule has 1 heterocycles. The van der Waals surface area contributed by atoms with Gasteiger partial charge < -0.3 is 19.9 Å². The highest BCUT2D eigenvalue weighted by Gasteiger charge is 2.19. The lowest BCUT2D eigenvalue weighted by Crippen LogP contribution is -2.31. The van der Waals surface area contributed by atoms with Gasteiger partial charge in [0.1, 0.15) is 18.0 Å². The van der Waals surface area contributed by atoms with E-state index in [4.69, 9.17) is 9.47 Å². The van der Waals surface area contributed by atoms with E-state index in [1.165, 1.54) is 0 Å². The Hall–Kier alpha value is -3.61. The van der Waals surface area contributed by atoms with Crippen LogP contribution in [0.25, 0.3) is 10.8 Å². The van der Waals surface area contributed by atoms with Gasteiger partial charge in [-0.2, -0.15) is 0 Å². The SMILES string of the molecule is CCOC(=O)CNC(=O)c1nc(C)c2cc(Oc3ccccc3)ccc2c1O. The van der Waals surface area contributed by atoms with Crippen molar-refractivity contribution < 1.29 is 24.2 Å². The summed E-state index contributed by atoms with van der Waals surface area (Å²) in [6.45, 7) is 3.33. The van der Waals surface area contributed by atoms with Gasteiger partial charge in [0, 0.05) is 16.5 Å². The van der Waals surface area contributed by atoms with Crippen molar-refractivity contribution >= 4 is 22.6 Å². The molecule has 0 bridgehead atoms. The lowest BCUT2D eigenvalue weighted by molar-refractivity contribution is -0.141. The number of nitrogens with one attached hydrogen (secondary N) is 1. The second-order valence-electron chi connectivity index (χ2n) is 6.00. The van der Waals surface area contributed by atoms with Crippen LogP contribution in [0.15, 0.2) is 48.5 Å². The lowest BCUT2D eigenvalue weighted by atomic mass is 10.1. The van der Waals surface area contributed by atoms with Crippen LogP contribution in [-0.4, -0.2) is 35.1 Å². The molecule has 144 valence electrons. The molecule has 0 aliphatic carbocycles. The predicted molar refractivity (Wildman–Crippen MR) is 104 cm³/mol. The summed E-state index contributed by atoms with van der Waals surface area (Å²) in [7, 11) is 0. The molecular weight excluding hydrogens is 360 g/mol. The first-order valence-corrected chi connectivity index (χ1v) is 8.79. The summed E-state index contributed by atoms with van der Waals surface area (Å²) >= 11 is 0. The number of amides is 1. The Kier molecular flexibility index (Phi) is 5.74. The van der Waals surface area contributed by atoms with Crippen LogP contribution >= 0.6 is 0 Å². The van der Waals surface area contributed by atoms with Crippen molar-refractivity contribution in [3.8, 4) is 17.2 Å². The third-order valence-electron chi connectivity index (χ3n) is 4.03. The van der Waals surface area contributed by atoms with Gasteiger partial charge in [-0.05, 0) is 44.2 Å². The molecule has 0 fully saturated rings. The molecule has 1 amide bonds. The Morgan fingerprint density at radius 2 is 1.82 bits per heavy atom. The zero-order chi connectivity index (χ0) is 20.1. The van der Waals surface area contributed by atoms with Crippen LogP contribution < -0.4 is 10.1 Å². The molecule has 0 atom stereocenters. The first-order valence-electron chi connectivity index (χ1n) is 8.79. The van der Waals surface area contributed by atoms with Gasteiger partial charge in [-0.1, -0.05) is 18.2 Å². The van der Waals surface area contributed by atoms with E-state index < -0.39 is 11.9 Å². The largest absolute Gasteiger partial charge is 0.505 e. The van der Waals surface area contributed by atoms with Crippen molar-refractivity contribution in [2.75, 3.05) is 13.2 Å². The molecule has 3 rings (SSSR count). The number of aromatic hydroxyl groups is 1. The number of hydrogen-bond acceptors (Lipinski definition) is 6. The van der Waals surface area contributed by atoms with Crippen molar-refractivity contribution in [2.45, 2.75) is 13.8 Å². The fourth-order valence-corrected chi connectivity index (χ4v) is 2.73. The van der Waals surface area contributed by atoms with Crippen molar-refractivity contribution in [1.82, 2.24) is 10.3 Å². The van der Waals surface area contributed by atoms with Gasteiger partial charge >= 0.3 is 5.97 Å². The summed E-state index contributed by atoms with van der Waals surface area (Å²) in [5.74, 6) is -0.196. The predicted octanol–water partition coefficient (Wildman–Crippen LogP) is 3.33. The van der Waals surface area contributed by atoms with Crippen LogP contribution in [0.4, 0.5) is 0 Å². The highest BCUT2D eigenvalue weighted by molar-refractivity contribution is 6.03. The molecule has 0 aliphatic rings. The van der Waals surface area contributed by atoms with Crippen molar-refractivity contribution in [3.05, 3.63) is 59.9 Å². The Labute approximate surface area is 161 Å². The van der Waals surface area contributed by atoms with Gasteiger partial charge in [0.05, 0.1) is 6.61 Å². The van der Waals surface area contributed by atoms with Crippen LogP contribution in [0, 0.1) is 6.92 Å². The molecule has 0 unspecified atom stereocenters. The number of esters is 1. The highest BCUT2D eigenvalue weighted by atomic mass is 16.5. The maximum Gasteiger partial charge on any atom is 0.325 e. The van der Waals surface area contributed by atoms with Gasteiger partial charge in [-0.15, -0.1) is 0 Å². The summed E-state index contributed by atoms with van der Waals surface area (Å²) < 4.78 is 10.6. The van der Waals surface area contributed by atoms with E-state index in [0.717, 1.165) is 0 Å². The number of rotatable bonds is 6. The first-order chi connectivity index (χ1) is 13.5. The van der Waals surface area contributed by atoms with Crippen molar-refractivity contribution in [2.24, 2.45) is 0 Å². The van der Waals surface area contributed by atoms with Gasteiger partial charge in [-0.3, -0.25) is 9.59 Å². The molecule has 2 aromatic carbocycles. The Morgan fingerprint density at radius 1 is 1.07 bits per heavy atom. The first kappa shape index (κ1) is 19.2. The summed E-state index contributed by atoms with van der Waals surface area (Å²) in [4.78, 5) is 27.9. The summed E-state index contributed by atoms with van der Waals surface area (Å²) in [6.07, 6.45) is 0. The average molecular weight is 380 g/mol. The number of carbonyl (C=O) groups excluding carboxylic acids is 2. The number of aryl methyl sites for hydroxylation is 1. The van der Waals surface area contributed by atoms with E-state index in [-0.39, 0.29) is 24.6 Å². The van der Waals surface area contributed by atoms with Crippen molar-refractivity contribution in [1.29, 1.82) is 0 Å². The van der Waals surface area contributed by atoms with Crippen LogP contribution in [0.5, 0.6) is 17.2 Å². The summed E-state index contributed by atoms with van der Waals surface area (Å²) in [5.41, 5.74) is 0.402. The molecule has 3 aromatic rings. The monoisotopic (exact) mass is 380 g/mol. The average Bonchev–Trinajstić information content (AvgIpc) is 2.70. The minimum Gasteiger partial charge on any atom is -0.505 e. The van der Waals surface area contributed by atoms with E-state index in [2.05, 4.69) is 10.3 Å². The second-order valence-corrected chi connectivity index (χ2v) is 6.00. The third-order valence-corrected chi connectivity index (χ3v) is 4.03. The Morgan fingerprint density at radius 3 is 2.54 bits per heavy atom. The van der Waals surface area contributed by atoms with E-state index in [9.17, 15) is 14.7 Å². The highest BCUT2D eigenvalue weighted by Crippen LogP contribution is 2.33. The molecule has 0 spiro atoms.